The number of halogens is 1. The summed E-state index contributed by atoms with van der Waals surface area (Å²) in [6.45, 7) is 2.64. The second kappa shape index (κ2) is 6.29. The topological polar surface area (TPSA) is 73.8 Å². The molecule has 0 bridgehead atoms. The highest BCUT2D eigenvalue weighted by Gasteiger charge is 2.42. The second-order valence-electron chi connectivity index (χ2n) is 7.02. The van der Waals surface area contributed by atoms with Crippen LogP contribution in [0, 0.1) is 12.7 Å². The van der Waals surface area contributed by atoms with Crippen LogP contribution in [0.15, 0.2) is 24.3 Å². The van der Waals surface area contributed by atoms with Gasteiger partial charge in [-0.2, -0.15) is 0 Å². The molecule has 1 aromatic heterocycles. The molecule has 0 aliphatic carbocycles. The molecule has 3 heterocycles. The number of amides is 3. The van der Waals surface area contributed by atoms with Gasteiger partial charge in [0.05, 0.1) is 24.2 Å². The summed E-state index contributed by atoms with van der Waals surface area (Å²) in [6.07, 6.45) is 0. The molecule has 2 aliphatic rings. The number of pyridine rings is 1. The fourth-order valence-electron chi connectivity index (χ4n) is 3.78. The zero-order valence-electron chi connectivity index (χ0n) is 15.1. The molecule has 8 heteroatoms. The molecule has 2 fully saturated rings. The van der Waals surface area contributed by atoms with Crippen LogP contribution in [0.2, 0.25) is 0 Å². The highest BCUT2D eigenvalue weighted by Crippen LogP contribution is 2.24. The Morgan fingerprint density at radius 3 is 2.78 bits per heavy atom. The molecular weight excluding hydrogens is 351 g/mol. The van der Waals surface area contributed by atoms with Crippen molar-refractivity contribution in [3.05, 3.63) is 41.3 Å². The molecule has 1 aromatic carbocycles. The molecule has 2 saturated heterocycles. The summed E-state index contributed by atoms with van der Waals surface area (Å²) in [5, 5.41) is 0.567. The summed E-state index contributed by atoms with van der Waals surface area (Å²) in [6, 6.07) is 5.17. The molecule has 0 saturated carbocycles. The number of piperazine rings is 2. The van der Waals surface area contributed by atoms with E-state index in [9.17, 15) is 18.8 Å². The first-order valence-electron chi connectivity index (χ1n) is 8.76. The number of benzene rings is 1. The Morgan fingerprint density at radius 1 is 1.22 bits per heavy atom. The van der Waals surface area contributed by atoms with Gasteiger partial charge in [-0.25, -0.2) is 4.39 Å². The Labute approximate surface area is 155 Å². The van der Waals surface area contributed by atoms with Gasteiger partial charge in [-0.3, -0.25) is 19.4 Å². The third-order valence-corrected chi connectivity index (χ3v) is 5.15. The molecule has 2 aromatic rings. The van der Waals surface area contributed by atoms with Gasteiger partial charge in [0.25, 0.3) is 5.91 Å². The lowest BCUT2D eigenvalue weighted by Gasteiger charge is -2.45. The fourth-order valence-corrected chi connectivity index (χ4v) is 3.78. The van der Waals surface area contributed by atoms with Crippen LogP contribution >= 0.6 is 0 Å². The monoisotopic (exact) mass is 370 g/mol. The summed E-state index contributed by atoms with van der Waals surface area (Å²) >= 11 is 0. The van der Waals surface area contributed by atoms with E-state index in [0.29, 0.717) is 35.2 Å². The first-order chi connectivity index (χ1) is 12.8. The van der Waals surface area contributed by atoms with Crippen molar-refractivity contribution in [1.82, 2.24) is 19.7 Å². The number of aryl methyl sites for hydroxylation is 1. The summed E-state index contributed by atoms with van der Waals surface area (Å²) in [5.41, 5.74) is 1.45. The number of fused-ring (bicyclic) bond motifs is 2. The zero-order chi connectivity index (χ0) is 19.3. The summed E-state index contributed by atoms with van der Waals surface area (Å²) < 4.78 is 13.5. The molecule has 0 unspecified atom stereocenters. The van der Waals surface area contributed by atoms with Crippen LogP contribution in [0.25, 0.3) is 10.9 Å². The standard InChI is InChI=1S/C19H19FN4O3/c1-11-7-14(13-4-3-12(20)8-15(13)21-11)18(26)23-5-6-24-16(9-23)19(27)22(2)10-17(24)25/h3-4,7-8,16H,5-6,9-10H2,1-2H3/t16-/m1/s1. The quantitative estimate of drug-likeness (QED) is 0.745. The van der Waals surface area contributed by atoms with Gasteiger partial charge in [0.2, 0.25) is 11.8 Å². The van der Waals surface area contributed by atoms with Crippen molar-refractivity contribution >= 4 is 28.6 Å². The molecular formula is C19H19FN4O3. The van der Waals surface area contributed by atoms with E-state index in [0.717, 1.165) is 0 Å². The third-order valence-electron chi connectivity index (χ3n) is 5.15. The van der Waals surface area contributed by atoms with Crippen molar-refractivity contribution in [2.75, 3.05) is 33.2 Å². The fraction of sp³-hybridized carbons (Fsp3) is 0.368. The van der Waals surface area contributed by atoms with E-state index in [1.807, 2.05) is 0 Å². The van der Waals surface area contributed by atoms with Crippen LogP contribution in [0.3, 0.4) is 0 Å². The Balaban J connectivity index is 1.67. The van der Waals surface area contributed by atoms with Gasteiger partial charge in [0.15, 0.2) is 0 Å². The van der Waals surface area contributed by atoms with Crippen molar-refractivity contribution in [2.45, 2.75) is 13.0 Å². The number of carbonyl (C=O) groups excluding carboxylic acids is 3. The minimum absolute atomic E-state index is 0.0725. The predicted molar refractivity (Wildman–Crippen MR) is 95.5 cm³/mol. The molecule has 0 radical (unpaired) electrons. The first-order valence-corrected chi connectivity index (χ1v) is 8.76. The maximum atomic E-state index is 13.5. The lowest BCUT2D eigenvalue weighted by Crippen LogP contribution is -2.66. The highest BCUT2D eigenvalue weighted by molar-refractivity contribution is 6.06. The Hall–Kier alpha value is -3.03. The van der Waals surface area contributed by atoms with Gasteiger partial charge >= 0.3 is 0 Å². The summed E-state index contributed by atoms with van der Waals surface area (Å²) in [7, 11) is 1.59. The SMILES string of the molecule is Cc1cc(C(=O)N2CCN3C(=O)CN(C)C(=O)[C@H]3C2)c2ccc(F)cc2n1. The van der Waals surface area contributed by atoms with Crippen LogP contribution < -0.4 is 0 Å². The molecule has 3 amide bonds. The number of carbonyl (C=O) groups is 3. The summed E-state index contributed by atoms with van der Waals surface area (Å²) in [4.78, 5) is 46.6. The van der Waals surface area contributed by atoms with Crippen LogP contribution in [0.4, 0.5) is 4.39 Å². The van der Waals surface area contributed by atoms with Crippen LogP contribution in [-0.4, -0.2) is 76.7 Å². The van der Waals surface area contributed by atoms with Crippen LogP contribution in [-0.2, 0) is 9.59 Å². The Kier molecular flexibility index (Phi) is 4.05. The van der Waals surface area contributed by atoms with Gasteiger partial charge in [-0.15, -0.1) is 0 Å². The lowest BCUT2D eigenvalue weighted by molar-refractivity contribution is -0.157. The van der Waals surface area contributed by atoms with Crippen LogP contribution in [0.1, 0.15) is 16.1 Å². The van der Waals surface area contributed by atoms with Crippen molar-refractivity contribution in [2.24, 2.45) is 0 Å². The van der Waals surface area contributed by atoms with E-state index in [2.05, 4.69) is 4.98 Å². The highest BCUT2D eigenvalue weighted by atomic mass is 19.1. The van der Waals surface area contributed by atoms with Crippen molar-refractivity contribution < 1.29 is 18.8 Å². The Bertz CT molecular complexity index is 972. The number of likely N-dealkylation sites (N-methyl/N-ethyl adjacent to an activating group) is 1. The largest absolute Gasteiger partial charge is 0.335 e. The van der Waals surface area contributed by atoms with E-state index in [4.69, 9.17) is 0 Å². The van der Waals surface area contributed by atoms with E-state index in [-0.39, 0.29) is 30.8 Å². The number of hydrogen-bond acceptors (Lipinski definition) is 4. The number of aromatic nitrogens is 1. The van der Waals surface area contributed by atoms with Gasteiger partial charge in [-0.05, 0) is 25.1 Å². The number of rotatable bonds is 1. The molecule has 140 valence electrons. The van der Waals surface area contributed by atoms with E-state index < -0.39 is 11.9 Å². The van der Waals surface area contributed by atoms with Crippen LogP contribution in [0.5, 0.6) is 0 Å². The summed E-state index contributed by atoms with van der Waals surface area (Å²) in [5.74, 6) is -0.924. The lowest BCUT2D eigenvalue weighted by atomic mass is 10.0. The van der Waals surface area contributed by atoms with Gasteiger partial charge in [0, 0.05) is 37.3 Å². The minimum atomic E-state index is -0.652. The molecule has 4 rings (SSSR count). The van der Waals surface area contributed by atoms with E-state index >= 15 is 0 Å². The molecule has 2 aliphatic heterocycles. The van der Waals surface area contributed by atoms with E-state index in [1.165, 1.54) is 17.0 Å². The smallest absolute Gasteiger partial charge is 0.254 e. The van der Waals surface area contributed by atoms with Crippen molar-refractivity contribution in [3.63, 3.8) is 0 Å². The van der Waals surface area contributed by atoms with Gasteiger partial charge in [0.1, 0.15) is 11.9 Å². The van der Waals surface area contributed by atoms with Crippen molar-refractivity contribution in [3.8, 4) is 0 Å². The predicted octanol–water partition coefficient (Wildman–Crippen LogP) is 0.807. The van der Waals surface area contributed by atoms with Crippen molar-refractivity contribution in [1.29, 1.82) is 0 Å². The second-order valence-corrected chi connectivity index (χ2v) is 7.02. The molecule has 1 atom stereocenters. The molecule has 27 heavy (non-hydrogen) atoms. The third kappa shape index (κ3) is 2.90. The molecule has 0 spiro atoms. The van der Waals surface area contributed by atoms with Gasteiger partial charge < -0.3 is 14.7 Å². The Morgan fingerprint density at radius 2 is 2.00 bits per heavy atom. The average Bonchev–Trinajstić information content (AvgIpc) is 2.64. The number of nitrogens with zero attached hydrogens (tertiary/aromatic N) is 4. The molecule has 0 N–H and O–H groups in total. The minimum Gasteiger partial charge on any atom is -0.335 e. The maximum Gasteiger partial charge on any atom is 0.254 e. The normalized spacial score (nSPS) is 20.3. The number of hydrogen-bond donors (Lipinski definition) is 0. The zero-order valence-corrected chi connectivity index (χ0v) is 15.1. The van der Waals surface area contributed by atoms with Gasteiger partial charge in [-0.1, -0.05) is 0 Å². The molecule has 7 nitrogen and oxygen atoms in total. The first kappa shape index (κ1) is 17.4. The average molecular weight is 370 g/mol. The maximum absolute atomic E-state index is 13.5. The van der Waals surface area contributed by atoms with E-state index in [1.54, 1.807) is 35.9 Å².